The second kappa shape index (κ2) is 9.48. The topological polar surface area (TPSA) is 55.3 Å². The lowest BCUT2D eigenvalue weighted by Gasteiger charge is -2.25. The third-order valence-electron chi connectivity index (χ3n) is 6.36. The van der Waals surface area contributed by atoms with Gasteiger partial charge < -0.3 is 9.64 Å². The summed E-state index contributed by atoms with van der Waals surface area (Å²) in [6.45, 7) is 0.529. The minimum Gasteiger partial charge on any atom is -0.497 e. The zero-order chi connectivity index (χ0) is 23.5. The molecule has 2 heterocycles. The molecule has 0 fully saturated rings. The van der Waals surface area contributed by atoms with Crippen molar-refractivity contribution in [1.82, 2.24) is 14.9 Å². The Morgan fingerprint density at radius 1 is 1.03 bits per heavy atom. The van der Waals surface area contributed by atoms with Crippen LogP contribution < -0.4 is 4.74 Å². The summed E-state index contributed by atoms with van der Waals surface area (Å²) >= 11 is 0. The molecule has 1 aliphatic carbocycles. The number of benzene rings is 2. The molecule has 2 aromatic heterocycles. The molecule has 0 saturated carbocycles. The molecule has 5 heteroatoms. The first-order valence-corrected chi connectivity index (χ1v) is 11.5. The molecule has 34 heavy (non-hydrogen) atoms. The first-order chi connectivity index (χ1) is 16.6. The molecular weight excluding hydrogens is 422 g/mol. The normalized spacial score (nSPS) is 14.1. The number of fused-ring (bicyclic) bond motifs is 2. The highest BCUT2D eigenvalue weighted by Crippen LogP contribution is 2.36. The second-order valence-corrected chi connectivity index (χ2v) is 8.64. The summed E-state index contributed by atoms with van der Waals surface area (Å²) in [5.41, 5.74) is 6.95. The van der Waals surface area contributed by atoms with E-state index in [1.165, 1.54) is 5.57 Å². The molecule has 0 unspecified atom stereocenters. The molecule has 1 aliphatic rings. The molecule has 0 bridgehead atoms. The van der Waals surface area contributed by atoms with Gasteiger partial charge in [-0.3, -0.25) is 9.78 Å². The number of allylic oxidation sites excluding steroid dienone is 1. The van der Waals surface area contributed by atoms with Crippen molar-refractivity contribution in [3.05, 3.63) is 101 Å². The van der Waals surface area contributed by atoms with Crippen molar-refractivity contribution in [2.24, 2.45) is 0 Å². The maximum absolute atomic E-state index is 13.8. The van der Waals surface area contributed by atoms with Crippen molar-refractivity contribution in [2.45, 2.75) is 25.8 Å². The van der Waals surface area contributed by atoms with E-state index in [9.17, 15) is 4.79 Å². The number of nitrogens with zero attached hydrogens (tertiary/aromatic N) is 3. The Bertz CT molecular complexity index is 1360. The Morgan fingerprint density at radius 2 is 1.79 bits per heavy atom. The van der Waals surface area contributed by atoms with Gasteiger partial charge in [-0.05, 0) is 77.9 Å². The van der Waals surface area contributed by atoms with Gasteiger partial charge in [0.15, 0.2) is 0 Å². The van der Waals surface area contributed by atoms with E-state index in [-0.39, 0.29) is 5.91 Å². The van der Waals surface area contributed by atoms with Crippen LogP contribution in [0.1, 0.15) is 45.6 Å². The summed E-state index contributed by atoms with van der Waals surface area (Å²) in [7, 11) is 3.53. The molecule has 1 amide bonds. The van der Waals surface area contributed by atoms with Crippen molar-refractivity contribution in [1.29, 1.82) is 0 Å². The van der Waals surface area contributed by atoms with E-state index in [1.807, 2.05) is 55.6 Å². The lowest BCUT2D eigenvalue weighted by molar-refractivity contribution is 0.0785. The largest absolute Gasteiger partial charge is 0.497 e. The Kier molecular flexibility index (Phi) is 6.09. The number of hydrogen-bond acceptors (Lipinski definition) is 4. The average Bonchev–Trinajstić information content (AvgIpc) is 2.88. The van der Waals surface area contributed by atoms with Crippen LogP contribution in [0.3, 0.4) is 0 Å². The third-order valence-corrected chi connectivity index (χ3v) is 6.36. The lowest BCUT2D eigenvalue weighted by atomic mass is 9.85. The molecule has 4 aromatic rings. The number of aromatic nitrogens is 2. The molecule has 170 valence electrons. The van der Waals surface area contributed by atoms with Gasteiger partial charge in [0.25, 0.3) is 5.91 Å². The molecular formula is C29H27N3O2. The highest BCUT2D eigenvalue weighted by atomic mass is 16.5. The van der Waals surface area contributed by atoms with Crippen LogP contribution >= 0.6 is 0 Å². The number of methoxy groups -OCH3 is 1. The Labute approximate surface area is 199 Å². The van der Waals surface area contributed by atoms with Crippen molar-refractivity contribution < 1.29 is 9.53 Å². The minimum absolute atomic E-state index is 0.0253. The number of para-hydroxylation sites is 1. The van der Waals surface area contributed by atoms with Crippen LogP contribution in [0.25, 0.3) is 22.6 Å². The summed E-state index contributed by atoms with van der Waals surface area (Å²) in [6.07, 6.45) is 8.47. The Balaban J connectivity index is 1.60. The van der Waals surface area contributed by atoms with E-state index < -0.39 is 0 Å². The van der Waals surface area contributed by atoms with E-state index in [1.54, 1.807) is 24.4 Å². The average molecular weight is 450 g/mol. The van der Waals surface area contributed by atoms with Gasteiger partial charge in [-0.25, -0.2) is 4.98 Å². The number of ether oxygens (including phenoxy) is 1. The zero-order valence-electron chi connectivity index (χ0n) is 19.5. The summed E-state index contributed by atoms with van der Waals surface area (Å²) in [6, 6.07) is 19.9. The van der Waals surface area contributed by atoms with Gasteiger partial charge in [-0.2, -0.15) is 0 Å². The molecule has 0 atom stereocenters. The number of rotatable bonds is 5. The van der Waals surface area contributed by atoms with E-state index in [4.69, 9.17) is 9.72 Å². The minimum atomic E-state index is 0.0253. The summed E-state index contributed by atoms with van der Waals surface area (Å²) in [5, 5.41) is 0.915. The number of hydrogen-bond donors (Lipinski definition) is 0. The molecule has 5 nitrogen and oxygen atoms in total. The van der Waals surface area contributed by atoms with Crippen LogP contribution in [0, 0.1) is 0 Å². The van der Waals surface area contributed by atoms with Gasteiger partial charge >= 0.3 is 0 Å². The SMILES string of the molecule is COc1ccc(/C=C2/CCCc3c2nc2ccccc2c3C(=O)N(C)Cc2ccncc2)cc1. The molecule has 0 saturated heterocycles. The monoisotopic (exact) mass is 449 g/mol. The zero-order valence-corrected chi connectivity index (χ0v) is 19.5. The van der Waals surface area contributed by atoms with Gasteiger partial charge in [0.1, 0.15) is 5.75 Å². The van der Waals surface area contributed by atoms with E-state index in [0.717, 1.165) is 63.9 Å². The Morgan fingerprint density at radius 3 is 2.56 bits per heavy atom. The summed E-state index contributed by atoms with van der Waals surface area (Å²) in [4.78, 5) is 24.7. The highest BCUT2D eigenvalue weighted by Gasteiger charge is 2.26. The van der Waals surface area contributed by atoms with Crippen LogP contribution in [0.5, 0.6) is 5.75 Å². The van der Waals surface area contributed by atoms with Crippen LogP contribution in [-0.4, -0.2) is 34.9 Å². The summed E-state index contributed by atoms with van der Waals surface area (Å²) in [5.74, 6) is 0.859. The Hall–Kier alpha value is -3.99. The molecule has 0 radical (unpaired) electrons. The van der Waals surface area contributed by atoms with Crippen LogP contribution in [0.2, 0.25) is 0 Å². The predicted octanol–water partition coefficient (Wildman–Crippen LogP) is 5.79. The fourth-order valence-electron chi connectivity index (χ4n) is 4.65. The van der Waals surface area contributed by atoms with Crippen molar-refractivity contribution in [3.63, 3.8) is 0 Å². The molecule has 5 rings (SSSR count). The first-order valence-electron chi connectivity index (χ1n) is 11.5. The van der Waals surface area contributed by atoms with Crippen LogP contribution in [0.4, 0.5) is 0 Å². The van der Waals surface area contributed by atoms with Gasteiger partial charge in [0.05, 0.1) is 23.9 Å². The van der Waals surface area contributed by atoms with Gasteiger partial charge in [0.2, 0.25) is 0 Å². The predicted molar refractivity (Wildman–Crippen MR) is 136 cm³/mol. The van der Waals surface area contributed by atoms with E-state index in [2.05, 4.69) is 23.2 Å². The highest BCUT2D eigenvalue weighted by molar-refractivity contribution is 6.09. The lowest BCUT2D eigenvalue weighted by Crippen LogP contribution is -2.28. The first kappa shape index (κ1) is 21.8. The van der Waals surface area contributed by atoms with E-state index in [0.29, 0.717) is 6.54 Å². The fourth-order valence-corrected chi connectivity index (χ4v) is 4.65. The molecule has 2 aromatic carbocycles. The second-order valence-electron chi connectivity index (χ2n) is 8.64. The van der Waals surface area contributed by atoms with Crippen molar-refractivity contribution >= 4 is 28.5 Å². The van der Waals surface area contributed by atoms with Crippen molar-refractivity contribution in [2.75, 3.05) is 14.2 Å². The van der Waals surface area contributed by atoms with Gasteiger partial charge in [-0.15, -0.1) is 0 Å². The molecule has 0 N–H and O–H groups in total. The smallest absolute Gasteiger partial charge is 0.254 e. The maximum atomic E-state index is 13.8. The van der Waals surface area contributed by atoms with Crippen LogP contribution in [0.15, 0.2) is 73.1 Å². The number of carbonyl (C=O) groups is 1. The number of pyridine rings is 2. The van der Waals surface area contributed by atoms with Gasteiger partial charge in [0, 0.05) is 31.4 Å². The molecule has 0 spiro atoms. The third kappa shape index (κ3) is 4.29. The molecule has 0 aliphatic heterocycles. The fraction of sp³-hybridized carbons (Fsp3) is 0.207. The maximum Gasteiger partial charge on any atom is 0.254 e. The van der Waals surface area contributed by atoms with Crippen molar-refractivity contribution in [3.8, 4) is 5.75 Å². The van der Waals surface area contributed by atoms with E-state index >= 15 is 0 Å². The standard InChI is InChI=1S/C29H27N3O2/c1-32(19-21-14-16-30-17-15-21)29(33)27-24-7-3-4-9-26(24)31-28-22(6-5-8-25(27)28)18-20-10-12-23(34-2)13-11-20/h3-4,7,9-18H,5-6,8,19H2,1-2H3/b22-18-. The van der Waals surface area contributed by atoms with Gasteiger partial charge in [-0.1, -0.05) is 30.3 Å². The quantitative estimate of drug-likeness (QED) is 0.387. The summed E-state index contributed by atoms with van der Waals surface area (Å²) < 4.78 is 5.29. The number of carbonyl (C=O) groups excluding carboxylic acids is 1. The van der Waals surface area contributed by atoms with Crippen LogP contribution in [-0.2, 0) is 13.0 Å². The number of amides is 1.